The van der Waals surface area contributed by atoms with Crippen LogP contribution in [0.1, 0.15) is 16.1 Å². The van der Waals surface area contributed by atoms with Crippen molar-refractivity contribution < 1.29 is 9.18 Å². The number of primary amides is 1. The fourth-order valence-corrected chi connectivity index (χ4v) is 1.54. The Bertz CT molecular complexity index is 516. The summed E-state index contributed by atoms with van der Waals surface area (Å²) in [5.74, 6) is -1.08. The summed E-state index contributed by atoms with van der Waals surface area (Å²) >= 11 is 0. The van der Waals surface area contributed by atoms with Gasteiger partial charge in [-0.2, -0.15) is 0 Å². The van der Waals surface area contributed by atoms with Crippen LogP contribution in [0.25, 0.3) is 10.9 Å². The van der Waals surface area contributed by atoms with E-state index in [-0.39, 0.29) is 5.56 Å². The van der Waals surface area contributed by atoms with Gasteiger partial charge in [-0.05, 0) is 25.1 Å². The monoisotopic (exact) mass is 192 g/mol. The van der Waals surface area contributed by atoms with E-state index < -0.39 is 11.7 Å². The Hall–Kier alpha value is -1.84. The van der Waals surface area contributed by atoms with Gasteiger partial charge < -0.3 is 10.7 Å². The lowest BCUT2D eigenvalue weighted by molar-refractivity contribution is 0.100. The first-order chi connectivity index (χ1) is 6.58. The lowest BCUT2D eigenvalue weighted by Crippen LogP contribution is -2.11. The number of aryl methyl sites for hydroxylation is 1. The number of aromatic nitrogens is 1. The van der Waals surface area contributed by atoms with E-state index >= 15 is 0 Å². The topological polar surface area (TPSA) is 58.9 Å². The van der Waals surface area contributed by atoms with Crippen LogP contribution >= 0.6 is 0 Å². The van der Waals surface area contributed by atoms with Crippen molar-refractivity contribution >= 4 is 16.8 Å². The van der Waals surface area contributed by atoms with E-state index in [9.17, 15) is 9.18 Å². The second-order valence-corrected chi connectivity index (χ2v) is 3.23. The van der Waals surface area contributed by atoms with Gasteiger partial charge in [0.1, 0.15) is 5.82 Å². The molecule has 0 saturated heterocycles. The van der Waals surface area contributed by atoms with Crippen molar-refractivity contribution in [1.82, 2.24) is 4.98 Å². The molecule has 1 heterocycles. The molecule has 1 amide bonds. The van der Waals surface area contributed by atoms with Crippen molar-refractivity contribution in [3.05, 3.63) is 35.3 Å². The number of halogens is 1. The predicted octanol–water partition coefficient (Wildman–Crippen LogP) is 1.71. The van der Waals surface area contributed by atoms with Crippen LogP contribution in [0.15, 0.2) is 18.2 Å². The number of carbonyl (C=O) groups excluding carboxylic acids is 1. The van der Waals surface area contributed by atoms with E-state index in [1.54, 1.807) is 6.07 Å². The second-order valence-electron chi connectivity index (χ2n) is 3.23. The summed E-state index contributed by atoms with van der Waals surface area (Å²) < 4.78 is 13.0. The molecule has 0 fully saturated rings. The average molecular weight is 192 g/mol. The minimum Gasteiger partial charge on any atom is -0.366 e. The largest absolute Gasteiger partial charge is 0.366 e. The zero-order chi connectivity index (χ0) is 10.3. The van der Waals surface area contributed by atoms with E-state index in [2.05, 4.69) is 4.98 Å². The Morgan fingerprint density at radius 3 is 2.79 bits per heavy atom. The molecule has 0 unspecified atom stereocenters. The summed E-state index contributed by atoms with van der Waals surface area (Å²) in [7, 11) is 0. The second kappa shape index (κ2) is 2.83. The van der Waals surface area contributed by atoms with Gasteiger partial charge >= 0.3 is 0 Å². The maximum atomic E-state index is 13.0. The Balaban J connectivity index is 2.85. The highest BCUT2D eigenvalue weighted by molar-refractivity contribution is 6.05. The Kier molecular flexibility index (Phi) is 1.77. The zero-order valence-corrected chi connectivity index (χ0v) is 7.60. The van der Waals surface area contributed by atoms with Crippen molar-refractivity contribution in [1.29, 1.82) is 0 Å². The van der Waals surface area contributed by atoms with Gasteiger partial charge in [0, 0.05) is 11.1 Å². The summed E-state index contributed by atoms with van der Waals surface area (Å²) in [5, 5.41) is 0.663. The zero-order valence-electron chi connectivity index (χ0n) is 7.60. The number of fused-ring (bicyclic) bond motifs is 1. The van der Waals surface area contributed by atoms with Gasteiger partial charge in [0.15, 0.2) is 0 Å². The number of rotatable bonds is 1. The van der Waals surface area contributed by atoms with Crippen molar-refractivity contribution in [2.75, 3.05) is 0 Å². The van der Waals surface area contributed by atoms with Crippen LogP contribution in [0.3, 0.4) is 0 Å². The third kappa shape index (κ3) is 1.25. The summed E-state index contributed by atoms with van der Waals surface area (Å²) in [6.45, 7) is 1.84. The maximum Gasteiger partial charge on any atom is 0.250 e. The highest BCUT2D eigenvalue weighted by atomic mass is 19.1. The number of carbonyl (C=O) groups is 1. The number of nitrogens with one attached hydrogen (secondary N) is 1. The molecule has 0 saturated carbocycles. The third-order valence-corrected chi connectivity index (χ3v) is 2.09. The van der Waals surface area contributed by atoms with Crippen LogP contribution in [0.2, 0.25) is 0 Å². The minimum atomic E-state index is -0.628. The number of amides is 1. The van der Waals surface area contributed by atoms with Crippen LogP contribution in [0.4, 0.5) is 4.39 Å². The molecule has 0 atom stereocenters. The molecule has 3 nitrogen and oxygen atoms in total. The van der Waals surface area contributed by atoms with Crippen LogP contribution in [-0.4, -0.2) is 10.9 Å². The molecule has 1 aromatic heterocycles. The van der Waals surface area contributed by atoms with E-state index in [1.165, 1.54) is 6.07 Å². The first-order valence-electron chi connectivity index (χ1n) is 4.16. The summed E-state index contributed by atoms with van der Waals surface area (Å²) in [4.78, 5) is 14.0. The molecular formula is C10H9FN2O. The summed E-state index contributed by atoms with van der Waals surface area (Å²) in [6, 6.07) is 4.27. The molecule has 0 radical (unpaired) electrons. The number of benzene rings is 1. The predicted molar refractivity (Wildman–Crippen MR) is 51.5 cm³/mol. The van der Waals surface area contributed by atoms with Gasteiger partial charge in [0.2, 0.25) is 0 Å². The smallest absolute Gasteiger partial charge is 0.250 e. The third-order valence-electron chi connectivity index (χ3n) is 2.09. The average Bonchev–Trinajstić information content (AvgIpc) is 2.42. The molecule has 72 valence electrons. The van der Waals surface area contributed by atoms with Crippen molar-refractivity contribution in [2.45, 2.75) is 6.92 Å². The van der Waals surface area contributed by atoms with Gasteiger partial charge in [-0.1, -0.05) is 0 Å². The SMILES string of the molecule is Cc1cc2cc(F)cc(C(N)=O)c2[nH]1. The van der Waals surface area contributed by atoms with Crippen LogP contribution in [-0.2, 0) is 0 Å². The highest BCUT2D eigenvalue weighted by Crippen LogP contribution is 2.20. The molecule has 2 aromatic rings. The maximum absolute atomic E-state index is 13.0. The lowest BCUT2D eigenvalue weighted by Gasteiger charge is -1.98. The summed E-state index contributed by atoms with van der Waals surface area (Å²) in [5.41, 5.74) is 6.78. The number of hydrogen-bond donors (Lipinski definition) is 2. The fraction of sp³-hybridized carbons (Fsp3) is 0.100. The van der Waals surface area contributed by atoms with Gasteiger partial charge in [0.25, 0.3) is 5.91 Å². The molecule has 14 heavy (non-hydrogen) atoms. The first-order valence-corrected chi connectivity index (χ1v) is 4.16. The van der Waals surface area contributed by atoms with Crippen molar-refractivity contribution in [2.24, 2.45) is 5.73 Å². The minimum absolute atomic E-state index is 0.188. The molecular weight excluding hydrogens is 183 g/mol. The molecule has 2 rings (SSSR count). The molecule has 0 spiro atoms. The molecule has 0 aliphatic carbocycles. The molecule has 3 N–H and O–H groups in total. The number of aromatic amines is 1. The van der Waals surface area contributed by atoms with E-state index in [0.717, 1.165) is 11.8 Å². The standard InChI is InChI=1S/C10H9FN2O/c1-5-2-6-3-7(11)4-8(10(12)14)9(6)13-5/h2-4,13H,1H3,(H2,12,14). The van der Waals surface area contributed by atoms with E-state index in [0.29, 0.717) is 10.9 Å². The molecule has 0 aliphatic heterocycles. The Morgan fingerprint density at radius 1 is 1.43 bits per heavy atom. The van der Waals surface area contributed by atoms with Crippen molar-refractivity contribution in [3.8, 4) is 0 Å². The van der Waals surface area contributed by atoms with Gasteiger partial charge in [-0.25, -0.2) is 4.39 Å². The molecule has 1 aromatic carbocycles. The molecule has 0 bridgehead atoms. The Labute approximate surface area is 79.7 Å². The fourth-order valence-electron chi connectivity index (χ4n) is 1.54. The van der Waals surface area contributed by atoms with Gasteiger partial charge in [0.05, 0.1) is 11.1 Å². The summed E-state index contributed by atoms with van der Waals surface area (Å²) in [6.07, 6.45) is 0. The quantitative estimate of drug-likeness (QED) is 0.710. The lowest BCUT2D eigenvalue weighted by atomic mass is 10.1. The molecule has 0 aliphatic rings. The first kappa shape index (κ1) is 8.74. The van der Waals surface area contributed by atoms with Crippen LogP contribution in [0, 0.1) is 12.7 Å². The van der Waals surface area contributed by atoms with Crippen molar-refractivity contribution in [3.63, 3.8) is 0 Å². The number of hydrogen-bond acceptors (Lipinski definition) is 1. The Morgan fingerprint density at radius 2 is 2.14 bits per heavy atom. The van der Waals surface area contributed by atoms with Crippen LogP contribution in [0.5, 0.6) is 0 Å². The number of nitrogens with two attached hydrogens (primary N) is 1. The van der Waals surface area contributed by atoms with Gasteiger partial charge in [-0.15, -0.1) is 0 Å². The van der Waals surface area contributed by atoms with E-state index in [4.69, 9.17) is 5.73 Å². The van der Waals surface area contributed by atoms with E-state index in [1.807, 2.05) is 6.92 Å². The molecule has 4 heteroatoms. The highest BCUT2D eigenvalue weighted by Gasteiger charge is 2.10. The van der Waals surface area contributed by atoms with Gasteiger partial charge in [-0.3, -0.25) is 4.79 Å². The normalized spacial score (nSPS) is 10.7. The number of H-pyrrole nitrogens is 1. The van der Waals surface area contributed by atoms with Crippen LogP contribution < -0.4 is 5.73 Å².